The van der Waals surface area contributed by atoms with E-state index in [1.165, 1.54) is 32.1 Å². The first kappa shape index (κ1) is 21.1. The highest BCUT2D eigenvalue weighted by Crippen LogP contribution is 2.33. The molecule has 0 bridgehead atoms. The first-order chi connectivity index (χ1) is 13.7. The molecule has 154 valence electrons. The third-order valence-electron chi connectivity index (χ3n) is 5.95. The summed E-state index contributed by atoms with van der Waals surface area (Å²) in [7, 11) is 0. The zero-order chi connectivity index (χ0) is 19.7. The van der Waals surface area contributed by atoms with Gasteiger partial charge in [0.05, 0.1) is 25.7 Å². The Kier molecular flexibility index (Phi) is 8.11. The second-order valence-corrected chi connectivity index (χ2v) is 7.96. The fourth-order valence-corrected chi connectivity index (χ4v) is 4.37. The maximum atomic E-state index is 10.3. The average molecular weight is 388 g/mol. The van der Waals surface area contributed by atoms with Gasteiger partial charge in [0.15, 0.2) is 0 Å². The third-order valence-corrected chi connectivity index (χ3v) is 5.95. The van der Waals surface area contributed by atoms with Crippen LogP contribution in [0.4, 0.5) is 0 Å². The van der Waals surface area contributed by atoms with Crippen LogP contribution in [0.25, 0.3) is 0 Å². The Hall–Kier alpha value is -1.65. The predicted octanol–water partition coefficient (Wildman–Crippen LogP) is 2.12. The van der Waals surface area contributed by atoms with E-state index in [4.69, 9.17) is 14.7 Å². The molecule has 2 aliphatic rings. The summed E-state index contributed by atoms with van der Waals surface area (Å²) >= 11 is 0. The van der Waals surface area contributed by atoms with Crippen molar-refractivity contribution in [2.75, 3.05) is 46.0 Å². The van der Waals surface area contributed by atoms with Crippen LogP contribution in [0.2, 0.25) is 0 Å². The van der Waals surface area contributed by atoms with Gasteiger partial charge in [-0.2, -0.15) is 5.26 Å². The fraction of sp³-hybridized carbons (Fsp3) is 0.682. The molecular weight excluding hydrogens is 354 g/mol. The Morgan fingerprint density at radius 3 is 2.57 bits per heavy atom. The van der Waals surface area contributed by atoms with E-state index >= 15 is 0 Å². The molecule has 6 nitrogen and oxygen atoms in total. The van der Waals surface area contributed by atoms with Crippen molar-refractivity contribution in [1.82, 2.24) is 10.2 Å². The largest absolute Gasteiger partial charge is 0.491 e. The van der Waals surface area contributed by atoms with Crippen LogP contribution in [-0.4, -0.2) is 67.6 Å². The van der Waals surface area contributed by atoms with Gasteiger partial charge in [-0.3, -0.25) is 4.90 Å². The van der Waals surface area contributed by atoms with E-state index < -0.39 is 6.10 Å². The van der Waals surface area contributed by atoms with E-state index in [1.807, 2.05) is 24.3 Å². The number of ether oxygens (including phenoxy) is 2. The minimum Gasteiger partial charge on any atom is -0.491 e. The fourth-order valence-electron chi connectivity index (χ4n) is 4.37. The predicted molar refractivity (Wildman–Crippen MR) is 108 cm³/mol. The number of morpholine rings is 1. The summed E-state index contributed by atoms with van der Waals surface area (Å²) < 4.78 is 11.2. The summed E-state index contributed by atoms with van der Waals surface area (Å²) in [6.45, 7) is 5.36. The minimum absolute atomic E-state index is 0.208. The summed E-state index contributed by atoms with van der Waals surface area (Å²) in [6, 6.07) is 9.60. The quantitative estimate of drug-likeness (QED) is 0.676. The van der Waals surface area contributed by atoms with E-state index in [9.17, 15) is 5.11 Å². The molecule has 1 aliphatic carbocycles. The zero-order valence-corrected chi connectivity index (χ0v) is 16.7. The molecule has 3 rings (SSSR count). The first-order valence-electron chi connectivity index (χ1n) is 10.5. The second kappa shape index (κ2) is 10.8. The number of benzene rings is 1. The molecular formula is C22H33N3O3. The smallest absolute Gasteiger partial charge is 0.119 e. The van der Waals surface area contributed by atoms with Crippen LogP contribution in [0.15, 0.2) is 24.3 Å². The number of hydrogen-bond acceptors (Lipinski definition) is 6. The van der Waals surface area contributed by atoms with Gasteiger partial charge >= 0.3 is 0 Å². The Bertz CT molecular complexity index is 617. The normalized spacial score (nSPS) is 21.0. The van der Waals surface area contributed by atoms with E-state index in [2.05, 4.69) is 16.3 Å². The van der Waals surface area contributed by atoms with E-state index in [-0.39, 0.29) is 12.1 Å². The van der Waals surface area contributed by atoms with Crippen molar-refractivity contribution < 1.29 is 14.6 Å². The molecule has 6 heteroatoms. The Morgan fingerprint density at radius 1 is 1.18 bits per heavy atom. The highest BCUT2D eigenvalue weighted by atomic mass is 16.5. The molecule has 1 atom stereocenters. The number of aliphatic hydroxyl groups excluding tert-OH is 1. The molecule has 1 aromatic rings. The van der Waals surface area contributed by atoms with Crippen molar-refractivity contribution in [3.63, 3.8) is 0 Å². The molecule has 2 fully saturated rings. The SMILES string of the molecule is N#CCc1ccc(OCC(O)CNCC2(N3CCOCC3)CCCCC2)cc1. The van der Waals surface area contributed by atoms with Crippen molar-refractivity contribution in [3.05, 3.63) is 29.8 Å². The Balaban J connectivity index is 1.42. The molecule has 1 saturated carbocycles. The lowest BCUT2D eigenvalue weighted by Crippen LogP contribution is -2.59. The van der Waals surface area contributed by atoms with E-state index in [0.29, 0.717) is 13.0 Å². The summed E-state index contributed by atoms with van der Waals surface area (Å²) in [5.74, 6) is 0.720. The van der Waals surface area contributed by atoms with Gasteiger partial charge in [-0.05, 0) is 30.5 Å². The number of nitrogens with zero attached hydrogens (tertiary/aromatic N) is 2. The molecule has 0 radical (unpaired) electrons. The highest BCUT2D eigenvalue weighted by Gasteiger charge is 2.38. The number of rotatable bonds is 9. The number of hydrogen-bond donors (Lipinski definition) is 2. The van der Waals surface area contributed by atoms with Crippen LogP contribution in [-0.2, 0) is 11.2 Å². The minimum atomic E-state index is -0.552. The molecule has 0 aromatic heterocycles. The van der Waals surface area contributed by atoms with E-state index in [0.717, 1.165) is 44.2 Å². The average Bonchev–Trinajstić information content (AvgIpc) is 2.75. The van der Waals surface area contributed by atoms with Crippen molar-refractivity contribution in [2.24, 2.45) is 0 Å². The summed E-state index contributed by atoms with van der Waals surface area (Å²) in [4.78, 5) is 2.61. The number of nitrogens with one attached hydrogen (secondary N) is 1. The van der Waals surface area contributed by atoms with Crippen molar-refractivity contribution in [3.8, 4) is 11.8 Å². The standard InChI is InChI=1S/C22H33N3O3/c23-11-8-19-4-6-21(7-5-19)28-17-20(26)16-24-18-22(9-2-1-3-10-22)25-12-14-27-15-13-25/h4-7,20,24,26H,1-3,8-10,12-18H2. The second-order valence-electron chi connectivity index (χ2n) is 7.96. The molecule has 0 spiro atoms. The van der Waals surface area contributed by atoms with Crippen molar-refractivity contribution in [1.29, 1.82) is 5.26 Å². The maximum Gasteiger partial charge on any atom is 0.119 e. The van der Waals surface area contributed by atoms with Gasteiger partial charge in [-0.15, -0.1) is 0 Å². The molecule has 1 heterocycles. The molecule has 2 N–H and O–H groups in total. The van der Waals surface area contributed by atoms with Crippen molar-refractivity contribution >= 4 is 0 Å². The monoisotopic (exact) mass is 387 g/mol. The molecule has 1 saturated heterocycles. The lowest BCUT2D eigenvalue weighted by Gasteiger charge is -2.48. The third kappa shape index (κ3) is 5.92. The molecule has 1 aliphatic heterocycles. The van der Waals surface area contributed by atoms with Crippen molar-refractivity contribution in [2.45, 2.75) is 50.2 Å². The van der Waals surface area contributed by atoms with Gasteiger partial charge in [0.2, 0.25) is 0 Å². The number of nitriles is 1. The first-order valence-corrected chi connectivity index (χ1v) is 10.5. The molecule has 1 aromatic carbocycles. The molecule has 28 heavy (non-hydrogen) atoms. The van der Waals surface area contributed by atoms with Gasteiger partial charge in [0.25, 0.3) is 0 Å². The van der Waals surface area contributed by atoms with Crippen LogP contribution >= 0.6 is 0 Å². The van der Waals surface area contributed by atoms with Gasteiger partial charge in [-0.25, -0.2) is 0 Å². The molecule has 1 unspecified atom stereocenters. The van der Waals surface area contributed by atoms with Crippen LogP contribution in [0, 0.1) is 11.3 Å². The summed E-state index contributed by atoms with van der Waals surface area (Å²) in [5.41, 5.74) is 1.18. The topological polar surface area (TPSA) is 77.8 Å². The highest BCUT2D eigenvalue weighted by molar-refractivity contribution is 5.28. The van der Waals surface area contributed by atoms with Gasteiger partial charge in [-0.1, -0.05) is 31.4 Å². The van der Waals surface area contributed by atoms with Crippen LogP contribution in [0.1, 0.15) is 37.7 Å². The Labute approximate surface area is 168 Å². The lowest BCUT2D eigenvalue weighted by atomic mass is 9.79. The lowest BCUT2D eigenvalue weighted by molar-refractivity contribution is -0.0378. The van der Waals surface area contributed by atoms with Crippen LogP contribution < -0.4 is 10.1 Å². The summed E-state index contributed by atoms with van der Waals surface area (Å²) in [5, 5.41) is 22.5. The number of aliphatic hydroxyl groups is 1. The van der Waals surface area contributed by atoms with Gasteiger partial charge < -0.3 is 19.9 Å². The van der Waals surface area contributed by atoms with Gasteiger partial charge in [0, 0.05) is 31.7 Å². The summed E-state index contributed by atoms with van der Waals surface area (Å²) in [6.07, 6.45) is 6.19. The van der Waals surface area contributed by atoms with Crippen LogP contribution in [0.3, 0.4) is 0 Å². The zero-order valence-electron chi connectivity index (χ0n) is 16.7. The van der Waals surface area contributed by atoms with Gasteiger partial charge in [0.1, 0.15) is 18.5 Å². The van der Waals surface area contributed by atoms with E-state index in [1.54, 1.807) is 0 Å². The van der Waals surface area contributed by atoms with Crippen LogP contribution in [0.5, 0.6) is 5.75 Å². The molecule has 0 amide bonds. The maximum absolute atomic E-state index is 10.3. The Morgan fingerprint density at radius 2 is 1.89 bits per heavy atom.